The second kappa shape index (κ2) is 9.32. The molecule has 0 radical (unpaired) electrons. The van der Waals surface area contributed by atoms with Crippen LogP contribution in [-0.4, -0.2) is 35.3 Å². The predicted octanol–water partition coefficient (Wildman–Crippen LogP) is 6.26. The number of pyridine rings is 1. The fourth-order valence-corrected chi connectivity index (χ4v) is 4.50. The number of hydrogen-bond acceptors (Lipinski definition) is 5. The second-order valence-corrected chi connectivity index (χ2v) is 15.1. The van der Waals surface area contributed by atoms with Crippen molar-refractivity contribution >= 4 is 36.9 Å². The largest absolute Gasteiger partial charge is 0.360 e. The molecule has 0 unspecified atom stereocenters. The van der Waals surface area contributed by atoms with Crippen molar-refractivity contribution < 1.29 is 13.5 Å². The Hall–Kier alpha value is -2.62. The van der Waals surface area contributed by atoms with Crippen molar-refractivity contribution in [1.82, 2.24) is 14.8 Å². The highest BCUT2D eigenvalue weighted by atomic mass is 35.5. The van der Waals surface area contributed by atoms with Crippen LogP contribution in [0, 0.1) is 11.6 Å². The number of benzene rings is 1. The molecule has 0 saturated heterocycles. The fraction of sp³-hybridized carbons (Fsp3) is 0.348. The molecule has 4 rings (SSSR count). The molecule has 0 amide bonds. The van der Waals surface area contributed by atoms with E-state index in [2.05, 4.69) is 34.9 Å². The number of anilines is 1. The number of nitrogens with one attached hydrogen (secondary N) is 1. The zero-order chi connectivity index (χ0) is 23.8. The molecule has 1 aliphatic heterocycles. The van der Waals surface area contributed by atoms with Crippen molar-refractivity contribution in [1.29, 1.82) is 0 Å². The number of aromatic nitrogens is 3. The van der Waals surface area contributed by atoms with Gasteiger partial charge in [0.25, 0.3) is 0 Å². The molecule has 1 aliphatic rings. The first-order valence-corrected chi connectivity index (χ1v) is 14.9. The average Bonchev–Trinajstić information content (AvgIpc) is 2.99. The lowest BCUT2D eigenvalue weighted by Gasteiger charge is -2.16. The van der Waals surface area contributed by atoms with Crippen molar-refractivity contribution in [2.24, 2.45) is 4.99 Å². The quantitative estimate of drug-likeness (QED) is 0.242. The van der Waals surface area contributed by atoms with Crippen molar-refractivity contribution in [3.8, 4) is 11.3 Å². The first kappa shape index (κ1) is 23.5. The lowest BCUT2D eigenvalue weighted by Crippen LogP contribution is -2.22. The van der Waals surface area contributed by atoms with Crippen molar-refractivity contribution in [3.05, 3.63) is 58.5 Å². The Morgan fingerprint density at radius 1 is 1.18 bits per heavy atom. The van der Waals surface area contributed by atoms with E-state index in [4.69, 9.17) is 21.4 Å². The van der Waals surface area contributed by atoms with Crippen LogP contribution < -0.4 is 5.32 Å². The molecule has 174 valence electrons. The van der Waals surface area contributed by atoms with E-state index >= 15 is 0 Å². The Labute approximate surface area is 197 Å². The Balaban J connectivity index is 1.84. The van der Waals surface area contributed by atoms with E-state index in [0.717, 1.165) is 6.04 Å². The van der Waals surface area contributed by atoms with Crippen LogP contribution in [-0.2, 0) is 17.9 Å². The van der Waals surface area contributed by atoms with Gasteiger partial charge in [0.1, 0.15) is 35.0 Å². The molecule has 0 bridgehead atoms. The van der Waals surface area contributed by atoms with Gasteiger partial charge in [0, 0.05) is 20.2 Å². The molecule has 1 aromatic carbocycles. The molecule has 3 heterocycles. The van der Waals surface area contributed by atoms with E-state index in [1.165, 1.54) is 24.4 Å². The highest BCUT2D eigenvalue weighted by molar-refractivity contribution is 6.76. The number of nitrogens with zero attached hydrogens (tertiary/aromatic N) is 4. The first-order valence-electron chi connectivity index (χ1n) is 10.8. The Kier molecular flexibility index (Phi) is 6.65. The zero-order valence-corrected chi connectivity index (χ0v) is 20.8. The molecule has 0 fully saturated rings. The number of rotatable bonds is 7. The minimum atomic E-state index is -1.24. The minimum Gasteiger partial charge on any atom is -0.360 e. The molecule has 0 spiro atoms. The van der Waals surface area contributed by atoms with Gasteiger partial charge in [-0.2, -0.15) is 5.10 Å². The fourth-order valence-electron chi connectivity index (χ4n) is 3.58. The van der Waals surface area contributed by atoms with E-state index in [1.807, 2.05) is 6.92 Å². The smallest absolute Gasteiger partial charge is 0.144 e. The van der Waals surface area contributed by atoms with E-state index in [1.54, 1.807) is 10.7 Å². The molecular weight excluding hydrogens is 464 g/mol. The Morgan fingerprint density at radius 3 is 2.58 bits per heavy atom. The number of hydrogen-bond donors (Lipinski definition) is 1. The molecule has 0 atom stereocenters. The average molecular weight is 490 g/mol. The van der Waals surface area contributed by atoms with Gasteiger partial charge in [0.2, 0.25) is 0 Å². The van der Waals surface area contributed by atoms with Gasteiger partial charge in [-0.15, -0.1) is 0 Å². The molecule has 10 heteroatoms. The van der Waals surface area contributed by atoms with E-state index in [-0.39, 0.29) is 23.3 Å². The summed E-state index contributed by atoms with van der Waals surface area (Å²) in [7, 11) is -1.24. The standard InChI is InChI=1S/C23H26ClF2N5OSi/c1-5-17-21-22(31(30-17)13-32-9-10-33(2,3)4)14-11-19(24)27-12-18(14)28-23(29-21)20-15(25)7-6-8-16(20)26/h6-8,11-12H,5,9-10,13H2,1-4H3,(H,28,29). The van der Waals surface area contributed by atoms with Crippen LogP contribution in [0.4, 0.5) is 20.2 Å². The maximum atomic E-state index is 14.6. The zero-order valence-electron chi connectivity index (χ0n) is 19.0. The van der Waals surface area contributed by atoms with Gasteiger partial charge in [-0.25, -0.2) is 23.4 Å². The monoisotopic (exact) mass is 489 g/mol. The lowest BCUT2D eigenvalue weighted by atomic mass is 10.1. The van der Waals surface area contributed by atoms with Crippen LogP contribution in [0.5, 0.6) is 0 Å². The lowest BCUT2D eigenvalue weighted by molar-refractivity contribution is 0.0795. The first-order chi connectivity index (χ1) is 15.7. The van der Waals surface area contributed by atoms with Gasteiger partial charge in [-0.1, -0.05) is 44.2 Å². The van der Waals surface area contributed by atoms with Gasteiger partial charge < -0.3 is 10.1 Å². The summed E-state index contributed by atoms with van der Waals surface area (Å²) in [5.41, 5.74) is 2.84. The number of aliphatic imine (C=N–C) groups is 1. The summed E-state index contributed by atoms with van der Waals surface area (Å²) in [6, 6.07) is 6.44. The summed E-state index contributed by atoms with van der Waals surface area (Å²) in [5, 5.41) is 8.05. The van der Waals surface area contributed by atoms with Crippen LogP contribution >= 0.6 is 11.6 Å². The van der Waals surface area contributed by atoms with Crippen LogP contribution in [0.2, 0.25) is 30.8 Å². The summed E-state index contributed by atoms with van der Waals surface area (Å²) < 4.78 is 37.0. The Morgan fingerprint density at radius 2 is 1.91 bits per heavy atom. The third-order valence-corrected chi connectivity index (χ3v) is 7.25. The van der Waals surface area contributed by atoms with Crippen molar-refractivity contribution in [3.63, 3.8) is 0 Å². The van der Waals surface area contributed by atoms with Gasteiger partial charge in [-0.05, 0) is 30.7 Å². The van der Waals surface area contributed by atoms with Gasteiger partial charge in [-0.3, -0.25) is 0 Å². The van der Waals surface area contributed by atoms with Crippen LogP contribution in [0.15, 0.2) is 35.5 Å². The summed E-state index contributed by atoms with van der Waals surface area (Å²) >= 11 is 6.22. The number of halogens is 3. The van der Waals surface area contributed by atoms with Gasteiger partial charge in [0.05, 0.1) is 28.8 Å². The SMILES string of the molecule is CCc1nn(COCC[Si](C)(C)C)c2c1N=C(c1c(F)cccc1F)Nc1cnc(Cl)cc1-2. The van der Waals surface area contributed by atoms with E-state index in [9.17, 15) is 8.78 Å². The predicted molar refractivity (Wildman–Crippen MR) is 130 cm³/mol. The summed E-state index contributed by atoms with van der Waals surface area (Å²) in [6.45, 7) is 9.69. The maximum Gasteiger partial charge on any atom is 0.144 e. The normalized spacial score (nSPS) is 13.1. The highest BCUT2D eigenvalue weighted by Crippen LogP contribution is 2.41. The van der Waals surface area contributed by atoms with E-state index < -0.39 is 19.7 Å². The Bertz CT molecular complexity index is 1200. The molecule has 0 saturated carbocycles. The maximum absolute atomic E-state index is 14.6. The summed E-state index contributed by atoms with van der Waals surface area (Å²) in [4.78, 5) is 8.80. The number of fused-ring (bicyclic) bond motifs is 3. The van der Waals surface area contributed by atoms with Crippen molar-refractivity contribution in [2.75, 3.05) is 11.9 Å². The topological polar surface area (TPSA) is 64.3 Å². The van der Waals surface area contributed by atoms with Gasteiger partial charge in [0.15, 0.2) is 0 Å². The highest BCUT2D eigenvalue weighted by Gasteiger charge is 2.27. The molecule has 1 N–H and O–H groups in total. The van der Waals surface area contributed by atoms with Crippen LogP contribution in [0.1, 0.15) is 18.2 Å². The minimum absolute atomic E-state index is 0.0450. The number of ether oxygens (including phenoxy) is 1. The summed E-state index contributed by atoms with van der Waals surface area (Å²) in [6.07, 6.45) is 2.10. The molecular formula is C23H26ClF2N5OSi. The van der Waals surface area contributed by atoms with Crippen LogP contribution in [0.3, 0.4) is 0 Å². The molecule has 0 aliphatic carbocycles. The second-order valence-electron chi connectivity index (χ2n) is 9.08. The summed E-state index contributed by atoms with van der Waals surface area (Å²) in [5.74, 6) is -1.38. The third kappa shape index (κ3) is 5.00. The molecule has 3 aromatic rings. The third-order valence-electron chi connectivity index (χ3n) is 5.34. The number of aryl methyl sites for hydroxylation is 1. The van der Waals surface area contributed by atoms with Crippen molar-refractivity contribution in [2.45, 2.75) is 45.8 Å². The molecule has 33 heavy (non-hydrogen) atoms. The molecule has 2 aromatic heterocycles. The van der Waals surface area contributed by atoms with E-state index in [0.29, 0.717) is 41.4 Å². The number of amidine groups is 1. The van der Waals surface area contributed by atoms with Crippen LogP contribution in [0.25, 0.3) is 11.3 Å². The van der Waals surface area contributed by atoms with Gasteiger partial charge >= 0.3 is 0 Å². The molecule has 6 nitrogen and oxygen atoms in total.